The van der Waals surface area contributed by atoms with Crippen LogP contribution in [0.4, 0.5) is 0 Å². The highest BCUT2D eigenvalue weighted by molar-refractivity contribution is 5.93. The molecule has 2 amide bonds. The van der Waals surface area contributed by atoms with Crippen molar-refractivity contribution in [3.63, 3.8) is 0 Å². The van der Waals surface area contributed by atoms with Crippen LogP contribution >= 0.6 is 0 Å². The summed E-state index contributed by atoms with van der Waals surface area (Å²) in [6, 6.07) is 8.71. The van der Waals surface area contributed by atoms with Crippen LogP contribution in [-0.4, -0.2) is 32.8 Å². The van der Waals surface area contributed by atoms with Gasteiger partial charge in [0.2, 0.25) is 11.7 Å². The molecule has 2 N–H and O–H groups in total. The highest BCUT2D eigenvalue weighted by Crippen LogP contribution is 2.31. The van der Waals surface area contributed by atoms with Crippen molar-refractivity contribution in [1.82, 2.24) is 25.6 Å². The zero-order valence-corrected chi connectivity index (χ0v) is 15.3. The van der Waals surface area contributed by atoms with Crippen LogP contribution in [0.25, 0.3) is 11.3 Å². The second-order valence-electron chi connectivity index (χ2n) is 6.65. The monoisotopic (exact) mass is 377 g/mol. The van der Waals surface area contributed by atoms with Gasteiger partial charge in [0.05, 0.1) is 18.3 Å². The maximum atomic E-state index is 12.7. The first-order valence-electron chi connectivity index (χ1n) is 8.82. The average molecular weight is 377 g/mol. The number of amides is 2. The molecule has 0 aliphatic heterocycles. The second-order valence-corrected chi connectivity index (χ2v) is 6.65. The molecule has 4 rings (SSSR count). The Hall–Kier alpha value is -3.68. The lowest BCUT2D eigenvalue weighted by atomic mass is 10.1. The molecule has 142 valence electrons. The van der Waals surface area contributed by atoms with Gasteiger partial charge in [0.1, 0.15) is 5.69 Å². The molecule has 2 heterocycles. The predicted molar refractivity (Wildman–Crippen MR) is 101 cm³/mol. The van der Waals surface area contributed by atoms with Crippen molar-refractivity contribution in [3.8, 4) is 11.3 Å². The van der Waals surface area contributed by atoms with E-state index in [1.165, 1.54) is 6.08 Å². The highest BCUT2D eigenvalue weighted by Gasteiger charge is 2.34. The molecule has 0 spiro atoms. The van der Waals surface area contributed by atoms with Gasteiger partial charge in [-0.05, 0) is 23.6 Å². The molecular weight excluding hydrogens is 358 g/mol. The van der Waals surface area contributed by atoms with E-state index >= 15 is 0 Å². The van der Waals surface area contributed by atoms with E-state index in [0.29, 0.717) is 12.1 Å². The Bertz CT molecular complexity index is 1050. The number of carbonyl (C=O) groups excluding carboxylic acids is 2. The van der Waals surface area contributed by atoms with Crippen LogP contribution in [0.15, 0.2) is 59.9 Å². The van der Waals surface area contributed by atoms with Crippen molar-refractivity contribution >= 4 is 11.8 Å². The normalized spacial score (nSPS) is 17.8. The van der Waals surface area contributed by atoms with Gasteiger partial charge in [0, 0.05) is 24.9 Å². The molecular formula is C20H19N5O3. The van der Waals surface area contributed by atoms with Gasteiger partial charge in [-0.1, -0.05) is 36.0 Å². The Labute approximate surface area is 161 Å². The van der Waals surface area contributed by atoms with E-state index in [2.05, 4.69) is 27.5 Å². The Morgan fingerprint density at radius 3 is 2.89 bits per heavy atom. The lowest BCUT2D eigenvalue weighted by molar-refractivity contribution is -0.117. The average Bonchev–Trinajstić information content (AvgIpc) is 3.41. The SMILES string of the molecule is C=CC(=O)N[C@@H]1c2ccccc2C[C@H]1NC(=O)c1cc(-c2cnn(C)c2)no1. The summed E-state index contributed by atoms with van der Waals surface area (Å²) in [7, 11) is 1.80. The Kier molecular flexibility index (Phi) is 4.52. The summed E-state index contributed by atoms with van der Waals surface area (Å²) in [5, 5.41) is 13.9. The minimum Gasteiger partial charge on any atom is -0.350 e. The van der Waals surface area contributed by atoms with E-state index in [1.807, 2.05) is 24.3 Å². The van der Waals surface area contributed by atoms with Crippen molar-refractivity contribution in [2.45, 2.75) is 18.5 Å². The topological polar surface area (TPSA) is 102 Å². The summed E-state index contributed by atoms with van der Waals surface area (Å²) in [6.07, 6.45) is 5.26. The fourth-order valence-corrected chi connectivity index (χ4v) is 3.43. The minimum absolute atomic E-state index is 0.101. The molecule has 3 aromatic rings. The van der Waals surface area contributed by atoms with Gasteiger partial charge in [-0.25, -0.2) is 0 Å². The van der Waals surface area contributed by atoms with Crippen molar-refractivity contribution in [2.24, 2.45) is 7.05 Å². The standard InChI is InChI=1S/C20H19N5O3/c1-3-18(26)23-19-14-7-5-4-6-12(14)8-16(19)22-20(27)17-9-15(24-28-17)13-10-21-25(2)11-13/h3-7,9-11,16,19H,1,8H2,2H3,(H,22,27)(H,23,26)/t16-,19-/m1/s1. The fourth-order valence-electron chi connectivity index (χ4n) is 3.43. The van der Waals surface area contributed by atoms with E-state index in [1.54, 1.807) is 30.2 Å². The van der Waals surface area contributed by atoms with Crippen LogP contribution in [0.2, 0.25) is 0 Å². The molecule has 0 radical (unpaired) electrons. The van der Waals surface area contributed by atoms with E-state index < -0.39 is 5.91 Å². The van der Waals surface area contributed by atoms with Gasteiger partial charge in [0.15, 0.2) is 0 Å². The molecule has 0 unspecified atom stereocenters. The third-order valence-electron chi connectivity index (χ3n) is 4.77. The maximum absolute atomic E-state index is 12.7. The van der Waals surface area contributed by atoms with Gasteiger partial charge < -0.3 is 15.2 Å². The Morgan fingerprint density at radius 1 is 1.32 bits per heavy atom. The summed E-state index contributed by atoms with van der Waals surface area (Å²) in [5.74, 6) is -0.582. The van der Waals surface area contributed by atoms with Crippen LogP contribution in [0.3, 0.4) is 0 Å². The van der Waals surface area contributed by atoms with Crippen molar-refractivity contribution in [2.75, 3.05) is 0 Å². The number of nitrogens with zero attached hydrogens (tertiary/aromatic N) is 3. The molecule has 1 aliphatic rings. The second kappa shape index (κ2) is 7.15. The van der Waals surface area contributed by atoms with Crippen molar-refractivity contribution < 1.29 is 14.1 Å². The Balaban J connectivity index is 1.53. The van der Waals surface area contributed by atoms with E-state index in [4.69, 9.17) is 4.52 Å². The summed E-state index contributed by atoms with van der Waals surface area (Å²) >= 11 is 0. The van der Waals surface area contributed by atoms with Gasteiger partial charge in [0.25, 0.3) is 5.91 Å². The summed E-state index contributed by atoms with van der Waals surface area (Å²) in [5.41, 5.74) is 3.35. The third-order valence-corrected chi connectivity index (χ3v) is 4.77. The smallest absolute Gasteiger partial charge is 0.290 e. The molecule has 0 fully saturated rings. The number of carbonyl (C=O) groups is 2. The van der Waals surface area contributed by atoms with E-state index in [0.717, 1.165) is 16.7 Å². The molecule has 0 bridgehead atoms. The molecule has 0 saturated heterocycles. The van der Waals surface area contributed by atoms with Crippen LogP contribution in [0, 0.1) is 0 Å². The maximum Gasteiger partial charge on any atom is 0.290 e. The Morgan fingerprint density at radius 2 is 2.14 bits per heavy atom. The van der Waals surface area contributed by atoms with E-state index in [9.17, 15) is 9.59 Å². The summed E-state index contributed by atoms with van der Waals surface area (Å²) < 4.78 is 6.86. The first-order valence-corrected chi connectivity index (χ1v) is 8.82. The number of hydrogen-bond donors (Lipinski definition) is 2. The van der Waals surface area contributed by atoms with Crippen molar-refractivity contribution in [1.29, 1.82) is 0 Å². The molecule has 8 nitrogen and oxygen atoms in total. The zero-order valence-electron chi connectivity index (χ0n) is 15.3. The number of nitrogens with one attached hydrogen (secondary N) is 2. The van der Waals surface area contributed by atoms with Crippen molar-refractivity contribution in [3.05, 3.63) is 72.3 Å². The quantitative estimate of drug-likeness (QED) is 0.660. The molecule has 1 aromatic carbocycles. The molecule has 2 atom stereocenters. The molecule has 28 heavy (non-hydrogen) atoms. The molecule has 0 saturated carbocycles. The zero-order chi connectivity index (χ0) is 19.7. The first-order chi connectivity index (χ1) is 13.5. The van der Waals surface area contributed by atoms with Gasteiger partial charge in [-0.15, -0.1) is 0 Å². The van der Waals surface area contributed by atoms with E-state index in [-0.39, 0.29) is 23.8 Å². The van der Waals surface area contributed by atoms with Crippen LogP contribution in [-0.2, 0) is 18.3 Å². The lowest BCUT2D eigenvalue weighted by Gasteiger charge is -2.22. The van der Waals surface area contributed by atoms with Crippen LogP contribution in [0.1, 0.15) is 27.7 Å². The van der Waals surface area contributed by atoms with Crippen LogP contribution in [0.5, 0.6) is 0 Å². The summed E-state index contributed by atoms with van der Waals surface area (Å²) in [6.45, 7) is 3.50. The number of benzene rings is 1. The third kappa shape index (κ3) is 3.32. The molecule has 2 aromatic heterocycles. The minimum atomic E-state index is -0.390. The number of fused-ring (bicyclic) bond motifs is 1. The fraction of sp³-hybridized carbons (Fsp3) is 0.200. The van der Waals surface area contributed by atoms with Gasteiger partial charge in [-0.3, -0.25) is 14.3 Å². The largest absolute Gasteiger partial charge is 0.350 e. The predicted octanol–water partition coefficient (Wildman–Crippen LogP) is 1.77. The summed E-state index contributed by atoms with van der Waals surface area (Å²) in [4.78, 5) is 24.6. The highest BCUT2D eigenvalue weighted by atomic mass is 16.5. The molecule has 1 aliphatic carbocycles. The van der Waals surface area contributed by atoms with Crippen LogP contribution < -0.4 is 10.6 Å². The number of aryl methyl sites for hydroxylation is 1. The molecule has 8 heteroatoms. The van der Waals surface area contributed by atoms with Gasteiger partial charge in [-0.2, -0.15) is 5.10 Å². The lowest BCUT2D eigenvalue weighted by Crippen LogP contribution is -2.44. The number of aromatic nitrogens is 3. The number of rotatable bonds is 5. The number of hydrogen-bond acceptors (Lipinski definition) is 5. The first kappa shape index (κ1) is 17.7. The van der Waals surface area contributed by atoms with Gasteiger partial charge >= 0.3 is 0 Å².